The summed E-state index contributed by atoms with van der Waals surface area (Å²) in [5.74, 6) is 1.98. The van der Waals surface area contributed by atoms with Gasteiger partial charge in [-0.15, -0.1) is 0 Å². The van der Waals surface area contributed by atoms with Gasteiger partial charge in [0.1, 0.15) is 5.75 Å². The molecule has 0 unspecified atom stereocenters. The Bertz CT molecular complexity index is 1610. The normalized spacial score (nSPS) is 16.8. The Morgan fingerprint density at radius 3 is 2.73 bits per heavy atom. The van der Waals surface area contributed by atoms with Crippen LogP contribution < -0.4 is 15.4 Å². The average Bonchev–Trinajstić information content (AvgIpc) is 3.84. The maximum absolute atomic E-state index is 12.3. The van der Waals surface area contributed by atoms with E-state index in [0.29, 0.717) is 48.5 Å². The van der Waals surface area contributed by atoms with Crippen LogP contribution in [0.1, 0.15) is 31.2 Å². The zero-order valence-corrected chi connectivity index (χ0v) is 22.8. The number of piperidine rings is 1. The minimum Gasteiger partial charge on any atom is -0.465 e. The summed E-state index contributed by atoms with van der Waals surface area (Å²) in [5, 5.41) is 17.9. The molecule has 6 rings (SSSR count). The summed E-state index contributed by atoms with van der Waals surface area (Å²) >= 11 is 0. The molecule has 1 aliphatic carbocycles. The van der Waals surface area contributed by atoms with E-state index in [9.17, 15) is 14.7 Å². The van der Waals surface area contributed by atoms with E-state index in [-0.39, 0.29) is 17.7 Å². The van der Waals surface area contributed by atoms with Crippen molar-refractivity contribution in [1.29, 1.82) is 0 Å². The van der Waals surface area contributed by atoms with E-state index in [4.69, 9.17) is 9.72 Å². The predicted molar refractivity (Wildman–Crippen MR) is 156 cm³/mol. The van der Waals surface area contributed by atoms with Crippen LogP contribution in [-0.2, 0) is 4.79 Å². The van der Waals surface area contributed by atoms with Crippen molar-refractivity contribution in [1.82, 2.24) is 19.9 Å². The molecule has 10 heteroatoms. The maximum atomic E-state index is 12.3. The fraction of sp³-hybridized carbons (Fsp3) is 0.323. The quantitative estimate of drug-likeness (QED) is 0.238. The van der Waals surface area contributed by atoms with Crippen LogP contribution >= 0.6 is 0 Å². The number of anilines is 2. The number of benzene rings is 2. The van der Waals surface area contributed by atoms with E-state index in [0.717, 1.165) is 47.7 Å². The number of pyridine rings is 1. The Morgan fingerprint density at radius 1 is 1.02 bits per heavy atom. The lowest BCUT2D eigenvalue weighted by molar-refractivity contribution is -0.118. The van der Waals surface area contributed by atoms with Gasteiger partial charge in [-0.2, -0.15) is 0 Å². The van der Waals surface area contributed by atoms with E-state index in [1.807, 2.05) is 49.4 Å². The molecule has 4 aromatic rings. The van der Waals surface area contributed by atoms with Gasteiger partial charge in [-0.1, -0.05) is 24.3 Å². The highest BCUT2D eigenvalue weighted by Crippen LogP contribution is 2.39. The van der Waals surface area contributed by atoms with Gasteiger partial charge in [0, 0.05) is 53.9 Å². The molecule has 41 heavy (non-hydrogen) atoms. The van der Waals surface area contributed by atoms with Crippen LogP contribution in [0.25, 0.3) is 22.0 Å². The van der Waals surface area contributed by atoms with Gasteiger partial charge in [0.05, 0.1) is 17.8 Å². The van der Waals surface area contributed by atoms with Crippen molar-refractivity contribution in [2.24, 2.45) is 5.92 Å². The maximum Gasteiger partial charge on any atom is 0.407 e. The molecule has 2 aromatic carbocycles. The van der Waals surface area contributed by atoms with E-state index in [1.54, 1.807) is 18.5 Å². The second kappa shape index (κ2) is 11.4. The van der Waals surface area contributed by atoms with Crippen LogP contribution in [0.4, 0.5) is 16.4 Å². The Labute approximate surface area is 237 Å². The van der Waals surface area contributed by atoms with Gasteiger partial charge in [-0.25, -0.2) is 19.7 Å². The highest BCUT2D eigenvalue weighted by atomic mass is 16.5. The van der Waals surface area contributed by atoms with Gasteiger partial charge in [0.25, 0.3) is 0 Å². The standard InChI is InChI=1S/C31H32N6O4/c1-19-9-12-22-23(6-2-8-25(22)34-17-27(38)20-10-11-20)28(19)41-29-24(7-3-14-32-29)26-13-15-33-30(36-26)35-21-5-4-16-37(18-21)31(39)40/h2-3,6-9,12-15,20-21,34H,4-5,10-11,16-18H2,1H3,(H,39,40)(H,33,35,36)/t21-/m0/s1. The molecule has 2 aromatic heterocycles. The molecule has 10 nitrogen and oxygen atoms in total. The fourth-order valence-corrected chi connectivity index (χ4v) is 5.25. The second-order valence-corrected chi connectivity index (χ2v) is 10.6. The van der Waals surface area contributed by atoms with Gasteiger partial charge in [0.15, 0.2) is 5.78 Å². The van der Waals surface area contributed by atoms with Gasteiger partial charge in [-0.3, -0.25) is 4.79 Å². The Balaban J connectivity index is 1.26. The first-order valence-electron chi connectivity index (χ1n) is 14.0. The molecular formula is C31H32N6O4. The van der Waals surface area contributed by atoms with Crippen LogP contribution in [0.15, 0.2) is 60.9 Å². The number of amides is 1. The molecule has 3 N–H and O–H groups in total. The molecule has 1 aliphatic heterocycles. The molecule has 0 bridgehead atoms. The molecule has 1 amide bonds. The molecule has 3 heterocycles. The van der Waals surface area contributed by atoms with Gasteiger partial charge in [-0.05, 0) is 62.4 Å². The number of rotatable bonds is 9. The zero-order chi connectivity index (χ0) is 28.3. The summed E-state index contributed by atoms with van der Waals surface area (Å²) in [5.41, 5.74) is 3.17. The smallest absolute Gasteiger partial charge is 0.407 e. The minimum absolute atomic E-state index is 0.0691. The van der Waals surface area contributed by atoms with Crippen LogP contribution in [-0.4, -0.2) is 62.5 Å². The van der Waals surface area contributed by atoms with Crippen LogP contribution in [0.2, 0.25) is 0 Å². The number of carbonyl (C=O) groups excluding carboxylic acids is 1. The molecule has 210 valence electrons. The van der Waals surface area contributed by atoms with Crippen molar-refractivity contribution in [3.63, 3.8) is 0 Å². The highest BCUT2D eigenvalue weighted by Gasteiger charge is 2.29. The third-order valence-electron chi connectivity index (χ3n) is 7.62. The summed E-state index contributed by atoms with van der Waals surface area (Å²) in [6.45, 7) is 3.23. The first-order valence-corrected chi connectivity index (χ1v) is 14.0. The number of likely N-dealkylation sites (tertiary alicyclic amines) is 1. The predicted octanol–water partition coefficient (Wildman–Crippen LogP) is 5.74. The first kappa shape index (κ1) is 26.5. The third kappa shape index (κ3) is 5.91. The Kier molecular flexibility index (Phi) is 7.37. The van der Waals surface area contributed by atoms with Gasteiger partial charge < -0.3 is 25.4 Å². The van der Waals surface area contributed by atoms with E-state index in [1.165, 1.54) is 4.90 Å². The van der Waals surface area contributed by atoms with Crippen molar-refractivity contribution in [2.75, 3.05) is 30.3 Å². The summed E-state index contributed by atoms with van der Waals surface area (Å²) < 4.78 is 6.51. The van der Waals surface area contributed by atoms with E-state index < -0.39 is 6.09 Å². The molecule has 0 radical (unpaired) electrons. The second-order valence-electron chi connectivity index (χ2n) is 10.6. The van der Waals surface area contributed by atoms with Crippen LogP contribution in [0.5, 0.6) is 11.6 Å². The van der Waals surface area contributed by atoms with Crippen molar-refractivity contribution >= 4 is 34.3 Å². The molecule has 1 atom stereocenters. The number of nitrogens with zero attached hydrogens (tertiary/aromatic N) is 4. The lowest BCUT2D eigenvalue weighted by Crippen LogP contribution is -2.44. The lowest BCUT2D eigenvalue weighted by Gasteiger charge is -2.31. The number of carboxylic acid groups (broad SMARTS) is 1. The molecular weight excluding hydrogens is 520 g/mol. The van der Waals surface area contributed by atoms with Crippen LogP contribution in [0, 0.1) is 12.8 Å². The molecule has 0 spiro atoms. The number of ketones is 1. The average molecular weight is 553 g/mol. The summed E-state index contributed by atoms with van der Waals surface area (Å²) in [6.07, 6.45) is 6.04. The number of fused-ring (bicyclic) bond motifs is 1. The molecule has 1 saturated heterocycles. The Hall–Kier alpha value is -4.73. The Morgan fingerprint density at radius 2 is 1.90 bits per heavy atom. The summed E-state index contributed by atoms with van der Waals surface area (Å²) in [4.78, 5) is 38.8. The SMILES string of the molecule is Cc1ccc2c(NCC(=O)C3CC3)cccc2c1Oc1ncccc1-c1ccnc(N[C@H]2CCCN(C(=O)O)C2)n1. The topological polar surface area (TPSA) is 130 Å². The number of hydrogen-bond acceptors (Lipinski definition) is 8. The number of nitrogens with one attached hydrogen (secondary N) is 2. The zero-order valence-electron chi connectivity index (χ0n) is 22.8. The van der Waals surface area contributed by atoms with Crippen molar-refractivity contribution in [3.8, 4) is 22.9 Å². The van der Waals surface area contributed by atoms with Crippen molar-refractivity contribution in [3.05, 3.63) is 66.5 Å². The van der Waals surface area contributed by atoms with Crippen molar-refractivity contribution < 1.29 is 19.4 Å². The number of hydrogen-bond donors (Lipinski definition) is 3. The summed E-state index contributed by atoms with van der Waals surface area (Å²) in [7, 11) is 0. The fourth-order valence-electron chi connectivity index (χ4n) is 5.25. The number of aryl methyl sites for hydroxylation is 1. The number of aromatic nitrogens is 3. The van der Waals surface area contributed by atoms with E-state index >= 15 is 0 Å². The third-order valence-corrected chi connectivity index (χ3v) is 7.62. The largest absolute Gasteiger partial charge is 0.465 e. The van der Waals surface area contributed by atoms with E-state index in [2.05, 4.69) is 20.6 Å². The minimum atomic E-state index is -0.915. The molecule has 1 saturated carbocycles. The van der Waals surface area contributed by atoms with Crippen molar-refractivity contribution in [2.45, 2.75) is 38.6 Å². The highest BCUT2D eigenvalue weighted by molar-refractivity contribution is 6.00. The van der Waals surface area contributed by atoms with Gasteiger partial charge >= 0.3 is 6.09 Å². The van der Waals surface area contributed by atoms with Gasteiger partial charge in [0.2, 0.25) is 11.8 Å². The molecule has 2 fully saturated rings. The number of Topliss-reactive ketones (excluding diaryl/α,β-unsaturated/α-hetero) is 1. The first-order chi connectivity index (χ1) is 20.0. The lowest BCUT2D eigenvalue weighted by atomic mass is 10.0. The monoisotopic (exact) mass is 552 g/mol. The number of carbonyl (C=O) groups is 2. The van der Waals surface area contributed by atoms with Crippen LogP contribution in [0.3, 0.4) is 0 Å². The molecule has 2 aliphatic rings. The number of ether oxygens (including phenoxy) is 1. The summed E-state index contributed by atoms with van der Waals surface area (Å²) in [6, 6.07) is 15.4.